The van der Waals surface area contributed by atoms with Crippen molar-refractivity contribution in [3.63, 3.8) is 0 Å². The first-order valence-electron chi connectivity index (χ1n) is 5.43. The smallest absolute Gasteiger partial charge is 0.255 e. The lowest BCUT2D eigenvalue weighted by atomic mass is 10.1. The van der Waals surface area contributed by atoms with Crippen molar-refractivity contribution in [2.75, 3.05) is 19.8 Å². The number of hydrogen-bond acceptors (Lipinski definition) is 2. The molecule has 1 fully saturated rings. The van der Waals surface area contributed by atoms with Crippen LogP contribution in [0.25, 0.3) is 0 Å². The van der Waals surface area contributed by atoms with E-state index in [1.807, 2.05) is 11.8 Å². The normalized spacial score (nSPS) is 20.4. The van der Waals surface area contributed by atoms with Crippen LogP contribution in [0.2, 0.25) is 5.02 Å². The van der Waals surface area contributed by atoms with Crippen LogP contribution in [0.1, 0.15) is 17.3 Å². The first-order valence-corrected chi connectivity index (χ1v) is 6.60. The molecule has 1 aromatic rings. The maximum atomic E-state index is 12.3. The van der Waals surface area contributed by atoms with Crippen LogP contribution >= 0.6 is 27.5 Å². The van der Waals surface area contributed by atoms with Crippen LogP contribution in [0.15, 0.2) is 22.7 Å². The molecule has 1 heterocycles. The van der Waals surface area contributed by atoms with Gasteiger partial charge in [0.1, 0.15) is 0 Å². The predicted molar refractivity (Wildman–Crippen MR) is 70.5 cm³/mol. The molecule has 0 N–H and O–H groups in total. The second kappa shape index (κ2) is 5.38. The highest BCUT2D eigenvalue weighted by atomic mass is 79.9. The number of benzene rings is 1. The van der Waals surface area contributed by atoms with Gasteiger partial charge in [0.2, 0.25) is 0 Å². The summed E-state index contributed by atoms with van der Waals surface area (Å²) in [5, 5.41) is 0.614. The van der Waals surface area contributed by atoms with E-state index in [1.165, 1.54) is 0 Å². The fourth-order valence-corrected chi connectivity index (χ4v) is 2.70. The van der Waals surface area contributed by atoms with Crippen LogP contribution in [0.5, 0.6) is 0 Å². The molecule has 1 aromatic carbocycles. The average molecular weight is 319 g/mol. The summed E-state index contributed by atoms with van der Waals surface area (Å²) in [5.74, 6) is 0.0179. The highest BCUT2D eigenvalue weighted by Gasteiger charge is 2.25. The summed E-state index contributed by atoms with van der Waals surface area (Å²) in [4.78, 5) is 14.2. The molecule has 0 aromatic heterocycles. The minimum Gasteiger partial charge on any atom is -0.377 e. The fraction of sp³-hybridized carbons (Fsp3) is 0.417. The van der Waals surface area contributed by atoms with Crippen molar-refractivity contribution in [3.8, 4) is 0 Å². The maximum Gasteiger partial charge on any atom is 0.255 e. The lowest BCUT2D eigenvalue weighted by molar-refractivity contribution is 0.00354. The molecule has 1 saturated heterocycles. The standard InChI is InChI=1S/C12H13BrClNO2/c1-8-7-17-5-4-15(8)12(16)10-3-2-9(14)6-11(10)13/h2-3,6,8H,4-5,7H2,1H3. The second-order valence-electron chi connectivity index (χ2n) is 4.05. The topological polar surface area (TPSA) is 29.5 Å². The Morgan fingerprint density at radius 3 is 3.00 bits per heavy atom. The summed E-state index contributed by atoms with van der Waals surface area (Å²) in [7, 11) is 0. The molecule has 1 amide bonds. The van der Waals surface area contributed by atoms with Crippen LogP contribution in [-0.4, -0.2) is 36.6 Å². The molecular weight excluding hydrogens is 305 g/mol. The van der Waals surface area contributed by atoms with Gasteiger partial charge in [0.25, 0.3) is 5.91 Å². The fourth-order valence-electron chi connectivity index (χ4n) is 1.85. The molecule has 5 heteroatoms. The first-order chi connectivity index (χ1) is 8.09. The Bertz CT molecular complexity index is 439. The van der Waals surface area contributed by atoms with Gasteiger partial charge in [0.05, 0.1) is 24.8 Å². The lowest BCUT2D eigenvalue weighted by Crippen LogP contribution is -2.47. The van der Waals surface area contributed by atoms with Gasteiger partial charge in [0, 0.05) is 16.0 Å². The van der Waals surface area contributed by atoms with Crippen molar-refractivity contribution in [2.45, 2.75) is 13.0 Å². The highest BCUT2D eigenvalue weighted by molar-refractivity contribution is 9.10. The number of halogens is 2. The van der Waals surface area contributed by atoms with Gasteiger partial charge in [-0.15, -0.1) is 0 Å². The Labute approximate surface area is 114 Å². The van der Waals surface area contributed by atoms with Crippen molar-refractivity contribution >= 4 is 33.4 Å². The van der Waals surface area contributed by atoms with Crippen molar-refractivity contribution < 1.29 is 9.53 Å². The summed E-state index contributed by atoms with van der Waals surface area (Å²) in [6.07, 6.45) is 0. The van der Waals surface area contributed by atoms with Gasteiger partial charge in [-0.3, -0.25) is 4.79 Å². The molecule has 0 spiro atoms. The van der Waals surface area contributed by atoms with E-state index in [2.05, 4.69) is 15.9 Å². The number of rotatable bonds is 1. The monoisotopic (exact) mass is 317 g/mol. The van der Waals surface area contributed by atoms with Crippen molar-refractivity contribution in [3.05, 3.63) is 33.3 Å². The van der Waals surface area contributed by atoms with Crippen LogP contribution in [0.3, 0.4) is 0 Å². The molecule has 1 aliphatic rings. The summed E-state index contributed by atoms with van der Waals surface area (Å²) >= 11 is 9.23. The molecule has 1 atom stereocenters. The molecular formula is C12H13BrClNO2. The Morgan fingerprint density at radius 2 is 2.35 bits per heavy atom. The molecule has 0 bridgehead atoms. The van der Waals surface area contributed by atoms with E-state index < -0.39 is 0 Å². The third kappa shape index (κ3) is 2.81. The van der Waals surface area contributed by atoms with Crippen LogP contribution < -0.4 is 0 Å². The Morgan fingerprint density at radius 1 is 1.59 bits per heavy atom. The first kappa shape index (κ1) is 12.9. The zero-order chi connectivity index (χ0) is 12.4. The zero-order valence-corrected chi connectivity index (χ0v) is 11.8. The zero-order valence-electron chi connectivity index (χ0n) is 9.45. The van der Waals surface area contributed by atoms with Gasteiger partial charge in [-0.05, 0) is 41.1 Å². The summed E-state index contributed by atoms with van der Waals surface area (Å²) < 4.78 is 6.05. The minimum atomic E-state index is 0.0179. The Hall–Kier alpha value is -0.580. The van der Waals surface area contributed by atoms with E-state index in [0.717, 1.165) is 4.47 Å². The molecule has 2 rings (SSSR count). The number of nitrogens with zero attached hydrogens (tertiary/aromatic N) is 1. The highest BCUT2D eigenvalue weighted by Crippen LogP contribution is 2.24. The molecule has 0 aliphatic carbocycles. The number of carbonyl (C=O) groups excluding carboxylic acids is 1. The van der Waals surface area contributed by atoms with E-state index in [9.17, 15) is 4.79 Å². The minimum absolute atomic E-state index is 0.0179. The van der Waals surface area contributed by atoms with E-state index in [-0.39, 0.29) is 11.9 Å². The van der Waals surface area contributed by atoms with Crippen molar-refractivity contribution in [1.82, 2.24) is 4.90 Å². The van der Waals surface area contributed by atoms with Crippen molar-refractivity contribution in [1.29, 1.82) is 0 Å². The SMILES string of the molecule is CC1COCCN1C(=O)c1ccc(Cl)cc1Br. The van der Waals surface area contributed by atoms with Gasteiger partial charge in [-0.25, -0.2) is 0 Å². The predicted octanol–water partition coefficient (Wildman–Crippen LogP) is 2.96. The van der Waals surface area contributed by atoms with Gasteiger partial charge in [-0.2, -0.15) is 0 Å². The summed E-state index contributed by atoms with van der Waals surface area (Å²) in [6, 6.07) is 5.32. The van der Waals surface area contributed by atoms with E-state index in [0.29, 0.717) is 30.3 Å². The van der Waals surface area contributed by atoms with Crippen LogP contribution in [-0.2, 0) is 4.74 Å². The molecule has 3 nitrogen and oxygen atoms in total. The number of ether oxygens (including phenoxy) is 1. The third-order valence-electron chi connectivity index (χ3n) is 2.79. The Kier molecular flexibility index (Phi) is 4.07. The lowest BCUT2D eigenvalue weighted by Gasteiger charge is -2.33. The molecule has 0 radical (unpaired) electrons. The number of carbonyl (C=O) groups is 1. The van der Waals surface area contributed by atoms with Gasteiger partial charge in [-0.1, -0.05) is 11.6 Å². The molecule has 1 unspecified atom stereocenters. The van der Waals surface area contributed by atoms with Gasteiger partial charge < -0.3 is 9.64 Å². The third-order valence-corrected chi connectivity index (χ3v) is 3.68. The van der Waals surface area contributed by atoms with Gasteiger partial charge >= 0.3 is 0 Å². The quantitative estimate of drug-likeness (QED) is 0.797. The molecule has 92 valence electrons. The number of hydrogen-bond donors (Lipinski definition) is 0. The molecule has 0 saturated carbocycles. The Balaban J connectivity index is 2.24. The second-order valence-corrected chi connectivity index (χ2v) is 5.34. The average Bonchev–Trinajstić information content (AvgIpc) is 2.29. The van der Waals surface area contributed by atoms with Gasteiger partial charge in [0.15, 0.2) is 0 Å². The largest absolute Gasteiger partial charge is 0.377 e. The van der Waals surface area contributed by atoms with E-state index in [4.69, 9.17) is 16.3 Å². The summed E-state index contributed by atoms with van der Waals surface area (Å²) in [6.45, 7) is 3.81. The van der Waals surface area contributed by atoms with E-state index >= 15 is 0 Å². The summed E-state index contributed by atoms with van der Waals surface area (Å²) in [5.41, 5.74) is 0.642. The van der Waals surface area contributed by atoms with Crippen LogP contribution in [0.4, 0.5) is 0 Å². The maximum absolute atomic E-state index is 12.3. The van der Waals surface area contributed by atoms with Crippen LogP contribution in [0, 0.1) is 0 Å². The van der Waals surface area contributed by atoms with E-state index in [1.54, 1.807) is 18.2 Å². The number of morpholine rings is 1. The van der Waals surface area contributed by atoms with Crippen molar-refractivity contribution in [2.24, 2.45) is 0 Å². The molecule has 17 heavy (non-hydrogen) atoms. The number of amides is 1. The molecule has 1 aliphatic heterocycles.